The smallest absolute Gasteiger partial charge is 0.200 e. The third-order valence-electron chi connectivity index (χ3n) is 8.98. The van der Waals surface area contributed by atoms with Gasteiger partial charge in [0.2, 0.25) is 0 Å². The summed E-state index contributed by atoms with van der Waals surface area (Å²) in [7, 11) is 0. The molecule has 1 heterocycles. The van der Waals surface area contributed by atoms with E-state index in [1.54, 1.807) is 6.07 Å². The molecule has 1 atom stereocenters. The van der Waals surface area contributed by atoms with Gasteiger partial charge in [-0.1, -0.05) is 25.1 Å². The zero-order valence-electron chi connectivity index (χ0n) is 24.6. The van der Waals surface area contributed by atoms with Crippen LogP contribution in [0.1, 0.15) is 59.4 Å². The van der Waals surface area contributed by atoms with Crippen molar-refractivity contribution in [1.82, 2.24) is 4.90 Å². The average molecular weight is 628 g/mol. The fourth-order valence-electron chi connectivity index (χ4n) is 6.75. The Morgan fingerprint density at radius 3 is 1.39 bits per heavy atom. The van der Waals surface area contributed by atoms with Crippen molar-refractivity contribution in [1.29, 1.82) is 0 Å². The Balaban J connectivity index is 2.23. The third kappa shape index (κ3) is 5.37. The molecule has 0 N–H and O–H groups in total. The summed E-state index contributed by atoms with van der Waals surface area (Å²) in [5.74, 6) is -21.7. The molecule has 1 aliphatic rings. The molecule has 0 radical (unpaired) electrons. The topological polar surface area (TPSA) is 3.24 Å². The second-order valence-electron chi connectivity index (χ2n) is 12.6. The van der Waals surface area contributed by atoms with E-state index in [9.17, 15) is 26.3 Å². The molecular weight excluding hydrogens is 599 g/mol. The largest absolute Gasteiger partial charge is 0.297 e. The molecule has 0 saturated carbocycles. The third-order valence-corrected chi connectivity index (χ3v) is 8.98. The Morgan fingerprint density at radius 2 is 1.00 bits per heavy atom. The number of rotatable bonds is 5. The van der Waals surface area contributed by atoms with Crippen LogP contribution in [0.25, 0.3) is 0 Å². The fraction of sp³-hybridized carbons (Fsp3) is 0.375. The molecule has 0 spiro atoms. The summed E-state index contributed by atoms with van der Waals surface area (Å²) in [5, 5.41) is 0. The van der Waals surface area contributed by atoms with E-state index in [4.69, 9.17) is 0 Å². The van der Waals surface area contributed by atoms with Crippen molar-refractivity contribution >= 4 is 17.1 Å². The van der Waals surface area contributed by atoms with Gasteiger partial charge in [0.05, 0.1) is 0 Å². The Morgan fingerprint density at radius 1 is 0.636 bits per heavy atom. The SMILES string of the molecule is C[C@H](CN1C(C)(C)CCCC1(C)C)[B-](C#Cc1ccccc1)(c1c(F)c(F)c(F)c(F)c1F)c1c(F)c(F)c(F)c(F)c1F. The molecule has 3 aromatic rings. The highest BCUT2D eigenvalue weighted by Crippen LogP contribution is 2.41. The highest BCUT2D eigenvalue weighted by molar-refractivity contribution is 7.09. The standard InChI is InChI=1S/C32H29BF10N/c1-17(16-44-31(2,3)13-9-14-32(44,4)5)33(15-12-18-10-7-6-8-11-18,19-21(34)25(38)29(42)26(39)22(19)35)20-23(36)27(40)30(43)28(41)24(20)37/h6-8,10-11,17H,9,13-14,16H2,1-5H3/q-1/t17-/m1/s1. The predicted octanol–water partition coefficient (Wildman–Crippen LogP) is 7.66. The van der Waals surface area contributed by atoms with Gasteiger partial charge in [-0.3, -0.25) is 10.7 Å². The first-order valence-corrected chi connectivity index (χ1v) is 14.0. The van der Waals surface area contributed by atoms with Crippen LogP contribution in [0, 0.1) is 69.9 Å². The summed E-state index contributed by atoms with van der Waals surface area (Å²) < 4.78 is 151. The molecule has 236 valence electrons. The van der Waals surface area contributed by atoms with E-state index in [1.165, 1.54) is 31.2 Å². The van der Waals surface area contributed by atoms with Crippen LogP contribution in [0.5, 0.6) is 0 Å². The van der Waals surface area contributed by atoms with E-state index in [0.717, 1.165) is 6.42 Å². The number of nitrogens with zero attached hydrogens (tertiary/aromatic N) is 1. The quantitative estimate of drug-likeness (QED) is 0.0923. The van der Waals surface area contributed by atoms with Crippen LogP contribution >= 0.6 is 0 Å². The van der Waals surface area contributed by atoms with Gasteiger partial charge in [0.25, 0.3) is 0 Å². The normalized spacial score (nSPS) is 17.2. The summed E-state index contributed by atoms with van der Waals surface area (Å²) >= 11 is 0. The molecule has 0 unspecified atom stereocenters. The first kappa shape index (κ1) is 33.4. The van der Waals surface area contributed by atoms with Gasteiger partial charge in [-0.2, -0.15) is 0 Å². The monoisotopic (exact) mass is 628 g/mol. The number of halogens is 10. The van der Waals surface area contributed by atoms with Crippen molar-refractivity contribution < 1.29 is 43.9 Å². The van der Waals surface area contributed by atoms with Gasteiger partial charge < -0.3 is 0 Å². The van der Waals surface area contributed by atoms with E-state index < -0.39 is 92.1 Å². The van der Waals surface area contributed by atoms with Crippen LogP contribution in [0.2, 0.25) is 5.82 Å². The summed E-state index contributed by atoms with van der Waals surface area (Å²) in [5.41, 5.74) is -4.77. The molecule has 1 fully saturated rings. The van der Waals surface area contributed by atoms with Gasteiger partial charge in [-0.15, -0.1) is 22.7 Å². The zero-order valence-corrected chi connectivity index (χ0v) is 24.6. The molecule has 0 aromatic heterocycles. The summed E-state index contributed by atoms with van der Waals surface area (Å²) in [4.78, 5) is 1.84. The number of benzene rings is 3. The van der Waals surface area contributed by atoms with E-state index in [-0.39, 0.29) is 12.1 Å². The van der Waals surface area contributed by atoms with Crippen molar-refractivity contribution in [3.8, 4) is 11.7 Å². The first-order valence-electron chi connectivity index (χ1n) is 14.0. The van der Waals surface area contributed by atoms with E-state index in [2.05, 4.69) is 11.7 Å². The van der Waals surface area contributed by atoms with Gasteiger partial charge in [0.15, 0.2) is 34.9 Å². The summed E-state index contributed by atoms with van der Waals surface area (Å²) in [6, 6.07) is 7.30. The Bertz CT molecular complexity index is 1520. The molecular formula is C32H29BF10N-. The maximum Gasteiger partial charge on any atom is 0.200 e. The van der Waals surface area contributed by atoms with Gasteiger partial charge in [0.1, 0.15) is 29.4 Å². The molecule has 4 rings (SSSR count). The average Bonchev–Trinajstić information content (AvgIpc) is 2.97. The molecule has 0 bridgehead atoms. The minimum Gasteiger partial charge on any atom is -0.297 e. The van der Waals surface area contributed by atoms with Crippen molar-refractivity contribution in [2.24, 2.45) is 0 Å². The molecule has 1 aliphatic heterocycles. The van der Waals surface area contributed by atoms with Crippen molar-refractivity contribution in [3.05, 3.63) is 94.1 Å². The lowest BCUT2D eigenvalue weighted by molar-refractivity contribution is -0.0264. The maximum absolute atomic E-state index is 15.8. The summed E-state index contributed by atoms with van der Waals surface area (Å²) in [6.45, 7) is 8.20. The van der Waals surface area contributed by atoms with E-state index in [1.807, 2.05) is 32.6 Å². The van der Waals surface area contributed by atoms with Gasteiger partial charge >= 0.3 is 0 Å². The van der Waals surface area contributed by atoms with Crippen LogP contribution in [0.3, 0.4) is 0 Å². The molecule has 1 saturated heterocycles. The van der Waals surface area contributed by atoms with Crippen molar-refractivity contribution in [3.63, 3.8) is 0 Å². The number of hydrogen-bond acceptors (Lipinski definition) is 1. The van der Waals surface area contributed by atoms with Gasteiger partial charge in [-0.05, 0) is 65.6 Å². The Labute approximate surface area is 249 Å². The maximum atomic E-state index is 15.8. The molecule has 0 aliphatic carbocycles. The minimum absolute atomic E-state index is 0.0809. The lowest BCUT2D eigenvalue weighted by Crippen LogP contribution is -2.69. The van der Waals surface area contributed by atoms with Gasteiger partial charge in [-0.25, -0.2) is 43.9 Å². The second-order valence-corrected chi connectivity index (χ2v) is 12.6. The highest BCUT2D eigenvalue weighted by Gasteiger charge is 2.48. The molecule has 44 heavy (non-hydrogen) atoms. The van der Waals surface area contributed by atoms with E-state index >= 15 is 17.6 Å². The van der Waals surface area contributed by atoms with Crippen LogP contribution in [0.15, 0.2) is 30.3 Å². The first-order chi connectivity index (χ1) is 20.4. The minimum atomic E-state index is -4.33. The van der Waals surface area contributed by atoms with Crippen LogP contribution in [-0.4, -0.2) is 28.7 Å². The predicted molar refractivity (Wildman–Crippen MR) is 149 cm³/mol. The Kier molecular flexibility index (Phi) is 8.97. The summed E-state index contributed by atoms with van der Waals surface area (Å²) in [6.07, 6.45) is -2.36. The molecule has 0 amide bonds. The highest BCUT2D eigenvalue weighted by atomic mass is 19.2. The van der Waals surface area contributed by atoms with Crippen LogP contribution < -0.4 is 10.9 Å². The second kappa shape index (κ2) is 11.8. The van der Waals surface area contributed by atoms with Crippen LogP contribution in [-0.2, 0) is 0 Å². The Hall–Kier alpha value is -3.46. The molecule has 1 nitrogen and oxygen atoms in total. The molecule has 3 aromatic carbocycles. The number of likely N-dealkylation sites (tertiary alicyclic amines) is 1. The van der Waals surface area contributed by atoms with Crippen molar-refractivity contribution in [2.75, 3.05) is 6.54 Å². The molecule has 12 heteroatoms. The fourth-order valence-corrected chi connectivity index (χ4v) is 6.75. The van der Waals surface area contributed by atoms with Crippen molar-refractivity contribution in [2.45, 2.75) is 70.8 Å². The van der Waals surface area contributed by atoms with Crippen LogP contribution in [0.4, 0.5) is 43.9 Å². The lowest BCUT2D eigenvalue weighted by Gasteiger charge is -2.56. The van der Waals surface area contributed by atoms with Gasteiger partial charge in [0, 0.05) is 16.6 Å². The lowest BCUT2D eigenvalue weighted by atomic mass is 9.13. The van der Waals surface area contributed by atoms with E-state index in [0.29, 0.717) is 12.8 Å². The number of piperidine rings is 1. The number of hydrogen-bond donors (Lipinski definition) is 0. The zero-order chi connectivity index (χ0) is 32.9.